The Morgan fingerprint density at radius 1 is 1.00 bits per heavy atom. The largest absolute Gasteiger partial charge is 0.464 e. The fraction of sp³-hybridized carbons (Fsp3) is 0.857. The van der Waals surface area contributed by atoms with Crippen molar-refractivity contribution in [1.82, 2.24) is 15.3 Å². The molecule has 0 aromatic heterocycles. The van der Waals surface area contributed by atoms with Crippen LogP contribution < -0.4 is 5.48 Å². The summed E-state index contributed by atoms with van der Waals surface area (Å²) in [5.41, 5.74) is 2.09. The lowest BCUT2D eigenvalue weighted by Gasteiger charge is -2.24. The molecule has 2 fully saturated rings. The van der Waals surface area contributed by atoms with Gasteiger partial charge in [-0.1, -0.05) is 0 Å². The lowest BCUT2D eigenvalue weighted by Crippen LogP contribution is -2.45. The van der Waals surface area contributed by atoms with E-state index in [2.05, 4.69) is 15.3 Å². The van der Waals surface area contributed by atoms with Crippen molar-refractivity contribution in [3.05, 3.63) is 0 Å². The van der Waals surface area contributed by atoms with Gasteiger partial charge < -0.3 is 19.4 Å². The zero-order valence-electron chi connectivity index (χ0n) is 12.9. The average Bonchev–Trinajstić information content (AvgIpc) is 3.32. The molecule has 7 nitrogen and oxygen atoms in total. The molecule has 120 valence electrons. The van der Waals surface area contributed by atoms with Crippen molar-refractivity contribution in [1.29, 1.82) is 0 Å². The van der Waals surface area contributed by atoms with E-state index in [4.69, 9.17) is 9.57 Å². The van der Waals surface area contributed by atoms with Crippen LogP contribution in [0, 0.1) is 0 Å². The maximum Gasteiger partial charge on any atom is 0.326 e. The fourth-order valence-corrected chi connectivity index (χ4v) is 1.70. The molecule has 0 spiro atoms. The van der Waals surface area contributed by atoms with E-state index in [-0.39, 0.29) is 18.5 Å². The monoisotopic (exact) mass is 299 g/mol. The van der Waals surface area contributed by atoms with Crippen molar-refractivity contribution in [2.75, 3.05) is 45.9 Å². The molecule has 2 saturated heterocycles. The van der Waals surface area contributed by atoms with E-state index in [0.717, 1.165) is 39.3 Å². The zero-order valence-corrected chi connectivity index (χ0v) is 12.9. The number of rotatable bonds is 10. The zero-order chi connectivity index (χ0) is 15.3. The first-order valence-electron chi connectivity index (χ1n) is 7.52. The van der Waals surface area contributed by atoms with Crippen LogP contribution in [0.1, 0.15) is 26.7 Å². The first-order chi connectivity index (χ1) is 9.94. The molecular weight excluding hydrogens is 274 g/mol. The molecular formula is C14H25N3O4. The van der Waals surface area contributed by atoms with Gasteiger partial charge in [0.15, 0.2) is 0 Å². The molecule has 0 unspecified atom stereocenters. The second-order valence-electron chi connectivity index (χ2n) is 6.30. The third-order valence-corrected chi connectivity index (χ3v) is 3.38. The first kappa shape index (κ1) is 16.2. The summed E-state index contributed by atoms with van der Waals surface area (Å²) < 4.78 is 5.20. The first-order valence-corrected chi connectivity index (χ1v) is 7.52. The molecule has 2 aliphatic rings. The molecule has 0 aliphatic carbocycles. The highest BCUT2D eigenvalue weighted by molar-refractivity contribution is 5.70. The minimum Gasteiger partial charge on any atom is -0.464 e. The number of nitrogens with zero attached hydrogens (tertiary/aromatic N) is 2. The van der Waals surface area contributed by atoms with Gasteiger partial charge in [0, 0.05) is 39.3 Å². The number of ether oxygens (including phenoxy) is 1. The van der Waals surface area contributed by atoms with Gasteiger partial charge in [0.25, 0.3) is 0 Å². The van der Waals surface area contributed by atoms with Crippen LogP contribution in [0.3, 0.4) is 0 Å². The van der Waals surface area contributed by atoms with Crippen LogP contribution in [0.4, 0.5) is 0 Å². The van der Waals surface area contributed by atoms with Crippen LogP contribution in [0.5, 0.6) is 0 Å². The summed E-state index contributed by atoms with van der Waals surface area (Å²) in [6, 6.07) is 0. The second kappa shape index (κ2) is 7.20. The summed E-state index contributed by atoms with van der Waals surface area (Å²) in [7, 11) is 0. The number of hydrogen-bond acceptors (Lipinski definition) is 7. The SMILES string of the molecule is CC(C)(COC(=O)CCN1CC1)NOC(=O)CCN1CC1. The number of hydrogen-bond donors (Lipinski definition) is 1. The number of hydroxylamine groups is 1. The highest BCUT2D eigenvalue weighted by atomic mass is 16.7. The maximum atomic E-state index is 11.6. The van der Waals surface area contributed by atoms with E-state index in [1.165, 1.54) is 0 Å². The topological polar surface area (TPSA) is 70.7 Å². The van der Waals surface area contributed by atoms with E-state index in [0.29, 0.717) is 12.8 Å². The van der Waals surface area contributed by atoms with E-state index in [1.54, 1.807) is 0 Å². The van der Waals surface area contributed by atoms with Crippen LogP contribution in [-0.2, 0) is 19.2 Å². The molecule has 0 aromatic rings. The smallest absolute Gasteiger partial charge is 0.326 e. The Morgan fingerprint density at radius 3 is 2.05 bits per heavy atom. The summed E-state index contributed by atoms with van der Waals surface area (Å²) in [5.74, 6) is -0.507. The normalized spacial score (nSPS) is 18.4. The molecule has 0 atom stereocenters. The fourth-order valence-electron chi connectivity index (χ4n) is 1.70. The lowest BCUT2D eigenvalue weighted by atomic mass is 10.1. The standard InChI is InChI=1S/C14H25N3O4/c1-14(2,11-20-12(18)3-5-16-7-8-16)15-21-13(19)4-6-17-9-10-17/h15H,3-11H2,1-2H3. The van der Waals surface area contributed by atoms with E-state index in [1.807, 2.05) is 13.8 Å². The quantitative estimate of drug-likeness (QED) is 0.339. The summed E-state index contributed by atoms with van der Waals surface area (Å²) in [4.78, 5) is 32.4. The van der Waals surface area contributed by atoms with Crippen LogP contribution in [-0.4, -0.2) is 73.2 Å². The molecule has 2 heterocycles. The molecule has 0 radical (unpaired) electrons. The predicted octanol–water partition coefficient (Wildman–Crippen LogP) is -0.233. The lowest BCUT2D eigenvalue weighted by molar-refractivity contribution is -0.159. The predicted molar refractivity (Wildman–Crippen MR) is 76.4 cm³/mol. The number of carbonyl (C=O) groups is 2. The molecule has 2 rings (SSSR count). The Hall–Kier alpha value is -1.18. The highest BCUT2D eigenvalue weighted by Gasteiger charge is 2.24. The highest BCUT2D eigenvalue weighted by Crippen LogP contribution is 2.08. The molecule has 0 saturated carbocycles. The average molecular weight is 299 g/mol. The van der Waals surface area contributed by atoms with Crippen molar-refractivity contribution in [3.8, 4) is 0 Å². The third-order valence-electron chi connectivity index (χ3n) is 3.38. The van der Waals surface area contributed by atoms with Crippen LogP contribution >= 0.6 is 0 Å². The minimum absolute atomic E-state index is 0.172. The third kappa shape index (κ3) is 7.40. The summed E-state index contributed by atoms with van der Waals surface area (Å²) >= 11 is 0. The van der Waals surface area contributed by atoms with Crippen molar-refractivity contribution < 1.29 is 19.2 Å². The van der Waals surface area contributed by atoms with Gasteiger partial charge in [-0.25, -0.2) is 0 Å². The van der Waals surface area contributed by atoms with Gasteiger partial charge in [0.2, 0.25) is 0 Å². The van der Waals surface area contributed by atoms with Crippen LogP contribution in [0.25, 0.3) is 0 Å². The van der Waals surface area contributed by atoms with Gasteiger partial charge in [0.05, 0.1) is 18.4 Å². The van der Waals surface area contributed by atoms with Crippen molar-refractivity contribution in [3.63, 3.8) is 0 Å². The van der Waals surface area contributed by atoms with Gasteiger partial charge >= 0.3 is 11.9 Å². The molecule has 0 aromatic carbocycles. The van der Waals surface area contributed by atoms with Gasteiger partial charge in [-0.05, 0) is 13.8 Å². The van der Waals surface area contributed by atoms with Crippen molar-refractivity contribution >= 4 is 11.9 Å². The summed E-state index contributed by atoms with van der Waals surface area (Å²) in [6.45, 7) is 9.61. The second-order valence-corrected chi connectivity index (χ2v) is 6.30. The molecule has 0 bridgehead atoms. The van der Waals surface area contributed by atoms with Gasteiger partial charge in [-0.15, -0.1) is 5.48 Å². The number of nitrogens with one attached hydrogen (secondary N) is 1. The van der Waals surface area contributed by atoms with Crippen molar-refractivity contribution in [2.45, 2.75) is 32.2 Å². The summed E-state index contributed by atoms with van der Waals surface area (Å²) in [6.07, 6.45) is 0.782. The van der Waals surface area contributed by atoms with E-state index < -0.39 is 5.54 Å². The Balaban J connectivity index is 1.53. The maximum absolute atomic E-state index is 11.6. The van der Waals surface area contributed by atoms with E-state index in [9.17, 15) is 9.59 Å². The van der Waals surface area contributed by atoms with Crippen LogP contribution in [0.15, 0.2) is 0 Å². The van der Waals surface area contributed by atoms with Gasteiger partial charge in [0.1, 0.15) is 6.61 Å². The Labute approximate surface area is 125 Å². The molecule has 2 aliphatic heterocycles. The minimum atomic E-state index is -0.592. The Morgan fingerprint density at radius 2 is 1.52 bits per heavy atom. The molecule has 0 amide bonds. The number of carbonyl (C=O) groups excluding carboxylic acids is 2. The molecule has 21 heavy (non-hydrogen) atoms. The van der Waals surface area contributed by atoms with Crippen molar-refractivity contribution in [2.24, 2.45) is 0 Å². The molecule has 1 N–H and O–H groups in total. The summed E-state index contributed by atoms with van der Waals surface area (Å²) in [5, 5.41) is 0. The molecule has 7 heteroatoms. The van der Waals surface area contributed by atoms with Gasteiger partial charge in [-0.3, -0.25) is 9.59 Å². The van der Waals surface area contributed by atoms with Gasteiger partial charge in [-0.2, -0.15) is 0 Å². The van der Waals surface area contributed by atoms with Crippen LogP contribution in [0.2, 0.25) is 0 Å². The Bertz CT molecular complexity index is 344. The van der Waals surface area contributed by atoms with E-state index >= 15 is 0 Å². The number of esters is 1. The Kier molecular flexibility index (Phi) is 5.55.